The Bertz CT molecular complexity index is 949. The lowest BCUT2D eigenvalue weighted by molar-refractivity contribution is 0.0342. The summed E-state index contributed by atoms with van der Waals surface area (Å²) in [5, 5.41) is 4.93. The molecule has 0 unspecified atom stereocenters. The number of ether oxygens (including phenoxy) is 3. The largest absolute Gasteiger partial charge is 0.486 e. The minimum atomic E-state index is 0.579. The van der Waals surface area contributed by atoms with E-state index in [1.807, 2.05) is 35.0 Å². The first kappa shape index (κ1) is 17.3. The molecule has 0 N–H and O–H groups in total. The van der Waals surface area contributed by atoms with Crippen LogP contribution in [0.5, 0.6) is 11.5 Å². The zero-order valence-corrected chi connectivity index (χ0v) is 15.7. The Morgan fingerprint density at radius 3 is 2.46 bits per heavy atom. The summed E-state index contributed by atoms with van der Waals surface area (Å²) in [5.74, 6) is 1.59. The lowest BCUT2D eigenvalue weighted by Gasteiger charge is -2.26. The molecule has 144 valence electrons. The fraction of sp³-hybridized carbons (Fsp3) is 0.318. The van der Waals surface area contributed by atoms with E-state index in [-0.39, 0.29) is 0 Å². The molecule has 3 aromatic rings. The molecule has 6 heteroatoms. The summed E-state index contributed by atoms with van der Waals surface area (Å²) >= 11 is 0. The lowest BCUT2D eigenvalue weighted by Crippen LogP contribution is -2.35. The van der Waals surface area contributed by atoms with Crippen molar-refractivity contribution in [2.75, 3.05) is 39.5 Å². The molecule has 28 heavy (non-hydrogen) atoms. The fourth-order valence-electron chi connectivity index (χ4n) is 3.67. The number of rotatable bonds is 4. The van der Waals surface area contributed by atoms with Gasteiger partial charge in [0.2, 0.25) is 0 Å². The molecule has 1 saturated heterocycles. The molecule has 2 aliphatic heterocycles. The summed E-state index contributed by atoms with van der Waals surface area (Å²) in [6.07, 6.45) is 2.14. The third kappa shape index (κ3) is 3.48. The number of morpholine rings is 1. The standard InChI is InChI=1S/C22H23N3O3/c1-2-4-19(5-3-1)25-16-18(15-24-8-10-26-11-9-24)22(23-25)17-6-7-20-21(14-17)28-13-12-27-20/h1-7,14,16H,8-13,15H2. The molecule has 5 rings (SSSR count). The van der Waals surface area contributed by atoms with Crippen LogP contribution in [0.25, 0.3) is 16.9 Å². The van der Waals surface area contributed by atoms with E-state index in [4.69, 9.17) is 19.3 Å². The van der Waals surface area contributed by atoms with E-state index in [9.17, 15) is 0 Å². The summed E-state index contributed by atoms with van der Waals surface area (Å²) in [7, 11) is 0. The molecule has 0 saturated carbocycles. The lowest BCUT2D eigenvalue weighted by atomic mass is 10.1. The van der Waals surface area contributed by atoms with Crippen LogP contribution in [0.4, 0.5) is 0 Å². The predicted molar refractivity (Wildman–Crippen MR) is 106 cm³/mol. The first-order chi connectivity index (χ1) is 13.9. The van der Waals surface area contributed by atoms with Crippen molar-refractivity contribution in [3.63, 3.8) is 0 Å². The second-order valence-electron chi connectivity index (χ2n) is 7.03. The van der Waals surface area contributed by atoms with Crippen LogP contribution in [0.2, 0.25) is 0 Å². The van der Waals surface area contributed by atoms with Crippen LogP contribution in [-0.2, 0) is 11.3 Å². The van der Waals surface area contributed by atoms with E-state index >= 15 is 0 Å². The van der Waals surface area contributed by atoms with Crippen molar-refractivity contribution >= 4 is 0 Å². The van der Waals surface area contributed by atoms with E-state index in [1.165, 1.54) is 5.56 Å². The van der Waals surface area contributed by atoms with Gasteiger partial charge in [0.25, 0.3) is 0 Å². The Labute approximate surface area is 164 Å². The van der Waals surface area contributed by atoms with Gasteiger partial charge in [-0.1, -0.05) is 18.2 Å². The molecule has 6 nitrogen and oxygen atoms in total. The van der Waals surface area contributed by atoms with Gasteiger partial charge in [0.15, 0.2) is 11.5 Å². The van der Waals surface area contributed by atoms with Gasteiger partial charge in [-0.25, -0.2) is 4.68 Å². The van der Waals surface area contributed by atoms with Gasteiger partial charge in [0.1, 0.15) is 13.2 Å². The Kier molecular flexibility index (Phi) is 4.72. The molecule has 2 aliphatic rings. The second kappa shape index (κ2) is 7.66. The molecule has 0 aliphatic carbocycles. The molecule has 0 radical (unpaired) electrons. The number of benzene rings is 2. The smallest absolute Gasteiger partial charge is 0.162 e. The van der Waals surface area contributed by atoms with Crippen molar-refractivity contribution in [1.82, 2.24) is 14.7 Å². The van der Waals surface area contributed by atoms with Crippen molar-refractivity contribution in [2.45, 2.75) is 6.54 Å². The summed E-state index contributed by atoms with van der Waals surface area (Å²) in [6.45, 7) is 5.47. The molecule has 1 fully saturated rings. The molecule has 0 spiro atoms. The topological polar surface area (TPSA) is 48.8 Å². The number of hydrogen-bond acceptors (Lipinski definition) is 5. The van der Waals surface area contributed by atoms with Gasteiger partial charge in [-0.3, -0.25) is 4.90 Å². The maximum Gasteiger partial charge on any atom is 0.162 e. The van der Waals surface area contributed by atoms with Crippen molar-refractivity contribution in [3.8, 4) is 28.4 Å². The Hall–Kier alpha value is -2.83. The first-order valence-electron chi connectivity index (χ1n) is 9.71. The fourth-order valence-corrected chi connectivity index (χ4v) is 3.67. The van der Waals surface area contributed by atoms with Gasteiger partial charge >= 0.3 is 0 Å². The Morgan fingerprint density at radius 1 is 0.857 bits per heavy atom. The van der Waals surface area contributed by atoms with E-state index in [0.717, 1.165) is 61.3 Å². The van der Waals surface area contributed by atoms with Crippen LogP contribution in [-0.4, -0.2) is 54.2 Å². The first-order valence-corrected chi connectivity index (χ1v) is 9.71. The SMILES string of the molecule is c1ccc(-n2cc(CN3CCOCC3)c(-c3ccc4c(c3)OCCO4)n2)cc1. The van der Waals surface area contributed by atoms with Gasteiger partial charge < -0.3 is 14.2 Å². The van der Waals surface area contributed by atoms with Crippen molar-refractivity contribution in [1.29, 1.82) is 0 Å². The quantitative estimate of drug-likeness (QED) is 0.699. The van der Waals surface area contributed by atoms with Gasteiger partial charge in [-0.2, -0.15) is 5.10 Å². The number of hydrogen-bond donors (Lipinski definition) is 0. The van der Waals surface area contributed by atoms with Crippen LogP contribution in [0, 0.1) is 0 Å². The van der Waals surface area contributed by atoms with Crippen LogP contribution in [0.1, 0.15) is 5.56 Å². The second-order valence-corrected chi connectivity index (χ2v) is 7.03. The van der Waals surface area contributed by atoms with Crippen LogP contribution >= 0.6 is 0 Å². The predicted octanol–water partition coefficient (Wildman–Crippen LogP) is 3.14. The minimum Gasteiger partial charge on any atom is -0.486 e. The highest BCUT2D eigenvalue weighted by Gasteiger charge is 2.19. The third-order valence-corrected chi connectivity index (χ3v) is 5.12. The number of nitrogens with zero attached hydrogens (tertiary/aromatic N) is 3. The summed E-state index contributed by atoms with van der Waals surface area (Å²) in [4.78, 5) is 2.41. The van der Waals surface area contributed by atoms with Gasteiger partial charge in [0.05, 0.1) is 24.6 Å². The van der Waals surface area contributed by atoms with E-state index < -0.39 is 0 Å². The molecule has 0 atom stereocenters. The van der Waals surface area contributed by atoms with E-state index in [2.05, 4.69) is 29.3 Å². The van der Waals surface area contributed by atoms with Crippen molar-refractivity contribution in [2.24, 2.45) is 0 Å². The molecule has 2 aromatic carbocycles. The molecular formula is C22H23N3O3. The van der Waals surface area contributed by atoms with Crippen LogP contribution in [0.3, 0.4) is 0 Å². The molecule has 1 aromatic heterocycles. The average molecular weight is 377 g/mol. The van der Waals surface area contributed by atoms with Crippen LogP contribution in [0.15, 0.2) is 54.7 Å². The normalized spacial score (nSPS) is 16.9. The highest BCUT2D eigenvalue weighted by molar-refractivity contribution is 5.67. The van der Waals surface area contributed by atoms with Gasteiger partial charge in [0, 0.05) is 37.0 Å². The van der Waals surface area contributed by atoms with E-state index in [0.29, 0.717) is 13.2 Å². The Balaban J connectivity index is 1.53. The number of aromatic nitrogens is 2. The number of fused-ring (bicyclic) bond motifs is 1. The monoisotopic (exact) mass is 377 g/mol. The maximum atomic E-state index is 5.78. The van der Waals surface area contributed by atoms with Crippen LogP contribution < -0.4 is 9.47 Å². The summed E-state index contributed by atoms with van der Waals surface area (Å²) < 4.78 is 18.9. The van der Waals surface area contributed by atoms with E-state index in [1.54, 1.807) is 0 Å². The average Bonchev–Trinajstić information content (AvgIpc) is 3.18. The summed E-state index contributed by atoms with van der Waals surface area (Å²) in [6, 6.07) is 16.3. The molecule has 3 heterocycles. The molecule has 0 amide bonds. The highest BCUT2D eigenvalue weighted by Crippen LogP contribution is 2.35. The zero-order valence-electron chi connectivity index (χ0n) is 15.7. The highest BCUT2D eigenvalue weighted by atomic mass is 16.6. The summed E-state index contributed by atoms with van der Waals surface area (Å²) in [5.41, 5.74) is 4.27. The Morgan fingerprint density at radius 2 is 1.64 bits per heavy atom. The third-order valence-electron chi connectivity index (χ3n) is 5.12. The van der Waals surface area contributed by atoms with Gasteiger partial charge in [-0.15, -0.1) is 0 Å². The van der Waals surface area contributed by atoms with Crippen molar-refractivity contribution < 1.29 is 14.2 Å². The molecule has 0 bridgehead atoms. The van der Waals surface area contributed by atoms with Gasteiger partial charge in [-0.05, 0) is 30.3 Å². The van der Waals surface area contributed by atoms with Crippen molar-refractivity contribution in [3.05, 3.63) is 60.3 Å². The minimum absolute atomic E-state index is 0.579. The maximum absolute atomic E-state index is 5.78. The molecular weight excluding hydrogens is 354 g/mol. The zero-order chi connectivity index (χ0) is 18.8. The number of para-hydroxylation sites is 1.